The van der Waals surface area contributed by atoms with Gasteiger partial charge in [0.1, 0.15) is 17.2 Å². The number of hydrogen-bond acceptors (Lipinski definition) is 8. The summed E-state index contributed by atoms with van der Waals surface area (Å²) in [5.74, 6) is -0.00834. The van der Waals surface area contributed by atoms with Crippen LogP contribution in [0.4, 0.5) is 11.4 Å². The Morgan fingerprint density at radius 2 is 1.16 bits per heavy atom. The number of nitrogens with zero attached hydrogens (tertiary/aromatic N) is 4. The number of phenolic OH excluding ortho intramolecular Hbond substituents is 2. The summed E-state index contributed by atoms with van der Waals surface area (Å²) in [6.45, 7) is 3.26. The van der Waals surface area contributed by atoms with Crippen molar-refractivity contribution in [3.8, 4) is 17.2 Å². The van der Waals surface area contributed by atoms with Crippen LogP contribution in [0.1, 0.15) is 16.7 Å². The molecule has 2 bridgehead atoms. The van der Waals surface area contributed by atoms with Gasteiger partial charge in [0.2, 0.25) is 0 Å². The number of aromatic nitrogens is 2. The Balaban J connectivity index is 1.49. The van der Waals surface area contributed by atoms with Crippen LogP contribution in [0.5, 0.6) is 11.5 Å². The molecule has 0 atom stereocenters. The zero-order valence-electron chi connectivity index (χ0n) is 19.9. The van der Waals surface area contributed by atoms with Crippen LogP contribution in [-0.2, 0) is 20.1 Å². The molecule has 3 aromatic carbocycles. The normalized spacial score (nSPS) is 14.4. The second kappa shape index (κ2) is 6.88. The lowest BCUT2D eigenvalue weighted by atomic mass is 9.97. The van der Waals surface area contributed by atoms with E-state index in [1.165, 1.54) is 25.2 Å². The van der Waals surface area contributed by atoms with Crippen LogP contribution in [0.25, 0.3) is 27.2 Å². The van der Waals surface area contributed by atoms with Gasteiger partial charge in [-0.1, -0.05) is 0 Å². The summed E-state index contributed by atoms with van der Waals surface area (Å²) in [5, 5.41) is 21.3. The first kappa shape index (κ1) is 21.4. The molecule has 0 radical (unpaired) electrons. The third kappa shape index (κ3) is 2.58. The average Bonchev–Trinajstić information content (AvgIpc) is 3.25. The van der Waals surface area contributed by atoms with Gasteiger partial charge in [0, 0.05) is 42.6 Å². The molecule has 0 saturated heterocycles. The molecule has 2 N–H and O–H groups in total. The lowest BCUT2D eigenvalue weighted by Gasteiger charge is -2.45. The van der Waals surface area contributed by atoms with Crippen molar-refractivity contribution in [1.82, 2.24) is 9.13 Å². The van der Waals surface area contributed by atoms with Crippen molar-refractivity contribution in [3.63, 3.8) is 0 Å². The number of aromatic hydroxyl groups is 2. The molecular formula is C27H20N4O6. The van der Waals surface area contributed by atoms with Gasteiger partial charge < -0.3 is 20.0 Å². The van der Waals surface area contributed by atoms with Crippen molar-refractivity contribution in [2.45, 2.75) is 20.0 Å². The monoisotopic (exact) mass is 496 g/mol. The van der Waals surface area contributed by atoms with Crippen LogP contribution in [-0.4, -0.2) is 26.0 Å². The summed E-state index contributed by atoms with van der Waals surface area (Å²) in [4.78, 5) is 56.2. The Morgan fingerprint density at radius 3 is 1.76 bits per heavy atom. The van der Waals surface area contributed by atoms with E-state index in [1.54, 1.807) is 12.1 Å². The van der Waals surface area contributed by atoms with Crippen molar-refractivity contribution < 1.29 is 10.2 Å². The van der Waals surface area contributed by atoms with Crippen molar-refractivity contribution in [1.29, 1.82) is 0 Å². The molecule has 0 spiro atoms. The maximum Gasteiger partial charge on any atom is 0.266 e. The molecule has 0 saturated carbocycles. The largest absolute Gasteiger partial charge is 0.508 e. The topological polar surface area (TPSA) is 125 Å². The Kier molecular flexibility index (Phi) is 3.98. The van der Waals surface area contributed by atoms with Crippen LogP contribution in [0.3, 0.4) is 0 Å². The van der Waals surface area contributed by atoms with E-state index < -0.39 is 22.2 Å². The molecule has 37 heavy (non-hydrogen) atoms. The third-order valence-electron chi connectivity index (χ3n) is 7.82. The number of hydrogen-bond donors (Lipinski definition) is 2. The summed E-state index contributed by atoms with van der Waals surface area (Å²) in [7, 11) is 1.35. The molecule has 4 heterocycles. The van der Waals surface area contributed by atoms with Crippen LogP contribution in [0.15, 0.2) is 55.6 Å². The van der Waals surface area contributed by atoms with Gasteiger partial charge >= 0.3 is 0 Å². The average molecular weight is 496 g/mol. The Morgan fingerprint density at radius 1 is 0.676 bits per heavy atom. The minimum absolute atomic E-state index is 0.0188. The summed E-state index contributed by atoms with van der Waals surface area (Å²) in [6.07, 6.45) is 0. The van der Waals surface area contributed by atoms with Gasteiger partial charge in [0.25, 0.3) is 22.2 Å². The first-order valence-electron chi connectivity index (χ1n) is 11.7. The highest BCUT2D eigenvalue weighted by molar-refractivity contribution is 5.98. The van der Waals surface area contributed by atoms with Crippen LogP contribution >= 0.6 is 0 Å². The van der Waals surface area contributed by atoms with Gasteiger partial charge in [-0.15, -0.1) is 0 Å². The number of benzene rings is 3. The highest BCUT2D eigenvalue weighted by Crippen LogP contribution is 2.44. The molecule has 0 unspecified atom stereocenters. The predicted octanol–water partition coefficient (Wildman–Crippen LogP) is 1.46. The summed E-state index contributed by atoms with van der Waals surface area (Å²) in [5.41, 5.74) is 1.79. The maximum absolute atomic E-state index is 13.6. The fourth-order valence-electron chi connectivity index (χ4n) is 5.85. The number of fused-ring (bicyclic) bond motifs is 8. The third-order valence-corrected chi connectivity index (χ3v) is 7.82. The zero-order chi connectivity index (χ0) is 25.9. The van der Waals surface area contributed by atoms with E-state index >= 15 is 0 Å². The SMILES string of the molecule is Cc1c(O)ccc2c1CN1CN2Cc2c1ccc(O)c2-n1c(=O)c2cc3c(=O)n(C)c(=O)c3cc2c1=O. The van der Waals surface area contributed by atoms with E-state index in [4.69, 9.17) is 0 Å². The van der Waals surface area contributed by atoms with Gasteiger partial charge in [-0.2, -0.15) is 0 Å². The molecule has 2 aliphatic rings. The Bertz CT molecular complexity index is 1980. The van der Waals surface area contributed by atoms with Crippen molar-refractivity contribution in [3.05, 3.63) is 94.5 Å². The van der Waals surface area contributed by atoms with E-state index in [2.05, 4.69) is 9.80 Å². The van der Waals surface area contributed by atoms with Gasteiger partial charge in [-0.3, -0.25) is 23.7 Å². The molecule has 0 amide bonds. The highest BCUT2D eigenvalue weighted by Gasteiger charge is 2.34. The van der Waals surface area contributed by atoms with E-state index in [1.807, 2.05) is 13.0 Å². The maximum atomic E-state index is 13.6. The fraction of sp³-hybridized carbons (Fsp3) is 0.185. The van der Waals surface area contributed by atoms with Crippen molar-refractivity contribution in [2.24, 2.45) is 7.05 Å². The minimum Gasteiger partial charge on any atom is -0.508 e. The van der Waals surface area contributed by atoms with Gasteiger partial charge in [0.05, 0.1) is 28.2 Å². The predicted molar refractivity (Wildman–Crippen MR) is 139 cm³/mol. The number of phenols is 2. The zero-order valence-corrected chi connectivity index (χ0v) is 19.9. The summed E-state index contributed by atoms with van der Waals surface area (Å²) in [6, 6.07) is 9.31. The number of anilines is 2. The van der Waals surface area contributed by atoms with E-state index in [-0.39, 0.29) is 38.7 Å². The molecule has 10 nitrogen and oxygen atoms in total. The second-order valence-corrected chi connectivity index (χ2v) is 9.73. The molecule has 2 aromatic heterocycles. The first-order chi connectivity index (χ1) is 17.7. The van der Waals surface area contributed by atoms with Crippen LogP contribution in [0.2, 0.25) is 0 Å². The van der Waals surface area contributed by atoms with Crippen molar-refractivity contribution in [2.75, 3.05) is 16.5 Å². The summed E-state index contributed by atoms with van der Waals surface area (Å²) < 4.78 is 1.89. The molecule has 7 rings (SSSR count). The minimum atomic E-state index is -0.664. The standard InChI is InChI=1S/C27H20N4O6/c1-12-17-9-29-11-30(19(17)3-5-21(12)32)10-18-20(29)4-6-22(33)23(18)31-26(36)15-7-13-14(8-16(15)27(31)37)25(35)28(2)24(13)34/h3-8,32-33H,9-11H2,1-2H3. The Labute approximate surface area is 207 Å². The lowest BCUT2D eigenvalue weighted by Crippen LogP contribution is -2.47. The molecule has 5 aromatic rings. The lowest BCUT2D eigenvalue weighted by molar-refractivity contribution is 0.468. The Hall–Kier alpha value is -4.86. The van der Waals surface area contributed by atoms with Gasteiger partial charge in [-0.05, 0) is 48.9 Å². The smallest absolute Gasteiger partial charge is 0.266 e. The molecule has 2 aliphatic heterocycles. The first-order valence-corrected chi connectivity index (χ1v) is 11.7. The molecule has 0 aliphatic carbocycles. The number of rotatable bonds is 1. The van der Waals surface area contributed by atoms with Crippen molar-refractivity contribution >= 4 is 32.9 Å². The van der Waals surface area contributed by atoms with E-state index in [9.17, 15) is 29.4 Å². The van der Waals surface area contributed by atoms with Gasteiger partial charge in [0.15, 0.2) is 0 Å². The summed E-state index contributed by atoms with van der Waals surface area (Å²) >= 11 is 0. The highest BCUT2D eigenvalue weighted by atomic mass is 16.3. The second-order valence-electron chi connectivity index (χ2n) is 9.73. The molecule has 10 heteroatoms. The molecular weight excluding hydrogens is 476 g/mol. The molecule has 0 fully saturated rings. The molecule has 184 valence electrons. The van der Waals surface area contributed by atoms with Crippen LogP contribution < -0.4 is 32.0 Å². The quantitative estimate of drug-likeness (QED) is 0.357. The van der Waals surface area contributed by atoms with E-state index in [0.717, 1.165) is 31.6 Å². The van der Waals surface area contributed by atoms with Gasteiger partial charge in [-0.25, -0.2) is 4.57 Å². The fourth-order valence-corrected chi connectivity index (χ4v) is 5.85. The van der Waals surface area contributed by atoms with Crippen LogP contribution in [0, 0.1) is 6.92 Å². The van der Waals surface area contributed by atoms with E-state index in [0.29, 0.717) is 25.3 Å².